The van der Waals surface area contributed by atoms with Crippen molar-refractivity contribution in [2.24, 2.45) is 17.3 Å². The number of nitrogens with one attached hydrogen (secondary N) is 1. The molecule has 0 spiro atoms. The van der Waals surface area contributed by atoms with Crippen molar-refractivity contribution in [2.75, 3.05) is 19.8 Å². The van der Waals surface area contributed by atoms with Gasteiger partial charge in [0.15, 0.2) is 5.78 Å². The van der Waals surface area contributed by atoms with Crippen molar-refractivity contribution in [3.05, 3.63) is 12.2 Å². The summed E-state index contributed by atoms with van der Waals surface area (Å²) in [6.45, 7) is 4.22. The number of hydrogen-bond donors (Lipinski definition) is 7. The molecule has 0 radical (unpaired) electrons. The van der Waals surface area contributed by atoms with E-state index in [0.29, 0.717) is 17.8 Å². The van der Waals surface area contributed by atoms with Crippen molar-refractivity contribution >= 4 is 11.7 Å². The predicted octanol–water partition coefficient (Wildman–Crippen LogP) is 2.36. The van der Waals surface area contributed by atoms with Crippen molar-refractivity contribution in [1.29, 1.82) is 0 Å². The first-order valence-electron chi connectivity index (χ1n) is 15.6. The number of allylic oxidation sites excluding steroid dienone is 2. The molecule has 0 aromatic carbocycles. The zero-order valence-corrected chi connectivity index (χ0v) is 25.4. The molecule has 0 heterocycles. The van der Waals surface area contributed by atoms with Crippen LogP contribution in [-0.4, -0.2) is 92.8 Å². The smallest absolute Gasteiger partial charge is 0.220 e. The Hall–Kier alpha value is -1.40. The predicted molar refractivity (Wildman–Crippen MR) is 157 cm³/mol. The molecule has 41 heavy (non-hydrogen) atoms. The van der Waals surface area contributed by atoms with Crippen LogP contribution in [0.25, 0.3) is 0 Å². The van der Waals surface area contributed by atoms with Crippen LogP contribution < -0.4 is 5.32 Å². The van der Waals surface area contributed by atoms with Crippen LogP contribution in [0.1, 0.15) is 104 Å². The second kappa shape index (κ2) is 20.5. The highest BCUT2D eigenvalue weighted by Gasteiger charge is 2.33. The van der Waals surface area contributed by atoms with E-state index < -0.39 is 62.2 Å². The van der Waals surface area contributed by atoms with Crippen LogP contribution in [0.5, 0.6) is 0 Å². The van der Waals surface area contributed by atoms with Gasteiger partial charge in [-0.1, -0.05) is 77.9 Å². The number of rotatable bonds is 23. The molecule has 1 aliphatic carbocycles. The molecule has 1 amide bonds. The van der Waals surface area contributed by atoms with E-state index in [1.54, 1.807) is 6.92 Å². The summed E-state index contributed by atoms with van der Waals surface area (Å²) >= 11 is 0. The van der Waals surface area contributed by atoms with Gasteiger partial charge in [0, 0.05) is 6.42 Å². The molecule has 7 N–H and O–H groups in total. The van der Waals surface area contributed by atoms with Gasteiger partial charge in [0.2, 0.25) is 12.2 Å². The molecule has 0 fully saturated rings. The number of unbranched alkanes of at least 4 members (excludes halogenated alkanes) is 7. The lowest BCUT2D eigenvalue weighted by Crippen LogP contribution is -2.52. The fourth-order valence-electron chi connectivity index (χ4n) is 5.22. The van der Waals surface area contributed by atoms with E-state index in [9.17, 15) is 35.1 Å². The van der Waals surface area contributed by atoms with E-state index in [-0.39, 0.29) is 18.7 Å². The molecule has 1 aliphatic rings. The second-order valence-corrected chi connectivity index (χ2v) is 12.1. The molecule has 0 aromatic heterocycles. The highest BCUT2D eigenvalue weighted by molar-refractivity contribution is 5.84. The number of carbonyl (C=O) groups is 2. The normalized spacial score (nSPS) is 23.4. The lowest BCUT2D eigenvalue weighted by atomic mass is 9.74. The quantitative estimate of drug-likeness (QED) is 0.0537. The Labute approximate surface area is 246 Å². The topological polar surface area (TPSA) is 177 Å². The molecule has 0 aromatic rings. The number of carbonyl (C=O) groups excluding carboxylic acids is 2. The summed E-state index contributed by atoms with van der Waals surface area (Å²) in [5, 5.41) is 61.2. The van der Waals surface area contributed by atoms with Crippen molar-refractivity contribution in [3.63, 3.8) is 0 Å². The summed E-state index contributed by atoms with van der Waals surface area (Å²) in [7, 11) is 0. The van der Waals surface area contributed by atoms with Crippen molar-refractivity contribution in [2.45, 2.75) is 135 Å². The minimum absolute atomic E-state index is 0.208. The number of amides is 1. The number of ether oxygens (including phenoxy) is 1. The average Bonchev–Trinajstić information content (AvgIpc) is 2.96. The monoisotopic (exact) mass is 587 g/mol. The molecule has 0 aliphatic heterocycles. The van der Waals surface area contributed by atoms with Gasteiger partial charge in [-0.25, -0.2) is 0 Å². The summed E-state index contributed by atoms with van der Waals surface area (Å²) in [5.41, 5.74) is 0.368. The molecule has 8 atom stereocenters. The summed E-state index contributed by atoms with van der Waals surface area (Å²) < 4.78 is 5.12. The van der Waals surface area contributed by atoms with Gasteiger partial charge in [-0.05, 0) is 43.4 Å². The first-order valence-corrected chi connectivity index (χ1v) is 15.6. The van der Waals surface area contributed by atoms with Gasteiger partial charge >= 0.3 is 0 Å². The zero-order valence-electron chi connectivity index (χ0n) is 25.4. The fourth-order valence-corrected chi connectivity index (χ4v) is 5.22. The molecular weight excluding hydrogens is 530 g/mol. The summed E-state index contributed by atoms with van der Waals surface area (Å²) in [6, 6.07) is -1.09. The third kappa shape index (κ3) is 14.6. The Bertz CT molecular complexity index is 764. The highest BCUT2D eigenvalue weighted by Crippen LogP contribution is 2.37. The van der Waals surface area contributed by atoms with Crippen LogP contribution in [0.3, 0.4) is 0 Å². The minimum atomic E-state index is -2.06. The number of Topliss-reactive ketones (excluding diaryl/α,β-unsaturated/α-hetero) is 1. The van der Waals surface area contributed by atoms with Crippen molar-refractivity contribution < 1.29 is 45.0 Å². The van der Waals surface area contributed by atoms with Crippen molar-refractivity contribution in [1.82, 2.24) is 5.32 Å². The molecule has 3 unspecified atom stereocenters. The lowest BCUT2D eigenvalue weighted by Gasteiger charge is -2.31. The minimum Gasteiger partial charge on any atom is -0.396 e. The Balaban J connectivity index is 2.33. The van der Waals surface area contributed by atoms with E-state index in [0.717, 1.165) is 19.3 Å². The SMILES string of the molecule is CC[C@@H](O)[C@@H](O)[C@H](COC(O)C(=O)C(CO)C(O)CO)NC(=O)CCCCCCCCCC[C@@]1(C)C=C[C@H](C)CC1. The Morgan fingerprint density at radius 3 is 2.10 bits per heavy atom. The molecule has 0 bridgehead atoms. The highest BCUT2D eigenvalue weighted by atomic mass is 16.6. The fraction of sp³-hybridized carbons (Fsp3) is 0.871. The Morgan fingerprint density at radius 2 is 1.56 bits per heavy atom. The van der Waals surface area contributed by atoms with Crippen LogP contribution in [0.4, 0.5) is 0 Å². The lowest BCUT2D eigenvalue weighted by molar-refractivity contribution is -0.170. The van der Waals surface area contributed by atoms with Crippen LogP contribution in [0.15, 0.2) is 12.2 Å². The third-order valence-corrected chi connectivity index (χ3v) is 8.36. The summed E-state index contributed by atoms with van der Waals surface area (Å²) in [6.07, 6.45) is 11.5. The number of aliphatic hydroxyl groups is 6. The standard InChI is InChI=1S/C31H57NO9/c1-4-25(35)29(39)24(21-41-30(40)28(38)23(19-33)26(36)20-34)32-27(37)13-11-9-7-5-6-8-10-12-16-31(3)17-14-22(2)15-18-31/h14,17,22-26,29-30,33-36,39-40H,4-13,15-16,18-21H2,1-3H3,(H,32,37)/t22-,23?,24-,25+,26?,29-,30?,31-/m0/s1. The first kappa shape index (κ1) is 37.6. The maximum absolute atomic E-state index is 12.5. The number of hydrogen-bond acceptors (Lipinski definition) is 9. The first-order chi connectivity index (χ1) is 19.5. The molecular formula is C31H57NO9. The molecule has 0 saturated heterocycles. The molecule has 240 valence electrons. The van der Waals surface area contributed by atoms with Crippen LogP contribution in [0, 0.1) is 17.3 Å². The molecule has 10 nitrogen and oxygen atoms in total. The van der Waals surface area contributed by atoms with Crippen molar-refractivity contribution in [3.8, 4) is 0 Å². The maximum Gasteiger partial charge on any atom is 0.220 e. The van der Waals surface area contributed by atoms with E-state index in [1.165, 1.54) is 44.9 Å². The number of aliphatic hydroxyl groups excluding tert-OH is 6. The van der Waals surface area contributed by atoms with E-state index in [4.69, 9.17) is 9.84 Å². The average molecular weight is 588 g/mol. The van der Waals surface area contributed by atoms with Crippen LogP contribution >= 0.6 is 0 Å². The van der Waals surface area contributed by atoms with E-state index in [2.05, 4.69) is 31.3 Å². The van der Waals surface area contributed by atoms with Crippen LogP contribution in [0.2, 0.25) is 0 Å². The molecule has 0 saturated carbocycles. The van der Waals surface area contributed by atoms with Gasteiger partial charge in [-0.2, -0.15) is 0 Å². The Morgan fingerprint density at radius 1 is 0.951 bits per heavy atom. The van der Waals surface area contributed by atoms with Gasteiger partial charge in [0.05, 0.1) is 44.0 Å². The molecule has 1 rings (SSSR count). The summed E-state index contributed by atoms with van der Waals surface area (Å²) in [5.74, 6) is -2.14. The van der Waals surface area contributed by atoms with Gasteiger partial charge in [0.1, 0.15) is 6.10 Å². The van der Waals surface area contributed by atoms with Gasteiger partial charge in [0.25, 0.3) is 0 Å². The van der Waals surface area contributed by atoms with Gasteiger partial charge in [-0.15, -0.1) is 0 Å². The van der Waals surface area contributed by atoms with E-state index >= 15 is 0 Å². The van der Waals surface area contributed by atoms with Gasteiger partial charge < -0.3 is 40.7 Å². The largest absolute Gasteiger partial charge is 0.396 e. The molecule has 10 heteroatoms. The second-order valence-electron chi connectivity index (χ2n) is 12.1. The summed E-state index contributed by atoms with van der Waals surface area (Å²) in [4.78, 5) is 24.8. The Kier molecular flexibility index (Phi) is 18.8. The zero-order chi connectivity index (χ0) is 30.8. The van der Waals surface area contributed by atoms with E-state index in [1.807, 2.05) is 0 Å². The van der Waals surface area contributed by atoms with Crippen LogP contribution in [-0.2, 0) is 14.3 Å². The number of ketones is 1. The van der Waals surface area contributed by atoms with Gasteiger partial charge in [-0.3, -0.25) is 9.59 Å². The third-order valence-electron chi connectivity index (χ3n) is 8.36. The maximum atomic E-state index is 12.5.